The maximum absolute atomic E-state index is 14.7. The van der Waals surface area contributed by atoms with Crippen LogP contribution in [0.2, 0.25) is 0 Å². The summed E-state index contributed by atoms with van der Waals surface area (Å²) in [5.41, 5.74) is 1.91. The number of hydrogen-bond donors (Lipinski definition) is 2. The Morgan fingerprint density at radius 3 is 2.73 bits per heavy atom. The average Bonchev–Trinajstić information content (AvgIpc) is 3.23. The van der Waals surface area contributed by atoms with Crippen molar-refractivity contribution >= 4 is 17.3 Å². The summed E-state index contributed by atoms with van der Waals surface area (Å²) in [6.45, 7) is 0.847. The summed E-state index contributed by atoms with van der Waals surface area (Å²) in [6, 6.07) is 2.26. The summed E-state index contributed by atoms with van der Waals surface area (Å²) in [5.74, 6) is -0.619. The van der Waals surface area contributed by atoms with E-state index in [0.717, 1.165) is 36.5 Å². The van der Waals surface area contributed by atoms with Gasteiger partial charge in [0.2, 0.25) is 0 Å². The number of aromatic nitrogens is 4. The van der Waals surface area contributed by atoms with E-state index in [0.29, 0.717) is 17.9 Å². The number of rotatable bonds is 2. The van der Waals surface area contributed by atoms with Crippen molar-refractivity contribution in [3.63, 3.8) is 0 Å². The van der Waals surface area contributed by atoms with Gasteiger partial charge >= 0.3 is 0 Å². The average molecular weight is 356 g/mol. The number of benzene rings is 1. The van der Waals surface area contributed by atoms with Crippen molar-refractivity contribution < 1.29 is 13.9 Å². The summed E-state index contributed by atoms with van der Waals surface area (Å²) in [6.07, 6.45) is 4.01. The molecular weight excluding hydrogens is 342 g/mol. The number of aryl methyl sites for hydroxylation is 1. The van der Waals surface area contributed by atoms with Crippen molar-refractivity contribution in [3.05, 3.63) is 47.3 Å². The number of aliphatic hydroxyl groups excluding tert-OH is 1. The van der Waals surface area contributed by atoms with Gasteiger partial charge in [0.1, 0.15) is 29.0 Å². The molecule has 0 bridgehead atoms. The highest BCUT2D eigenvalue weighted by Gasteiger charge is 2.33. The van der Waals surface area contributed by atoms with Crippen LogP contribution in [0.15, 0.2) is 29.5 Å². The fourth-order valence-corrected chi connectivity index (χ4v) is 3.55. The zero-order chi connectivity index (χ0) is 17.8. The number of amidine groups is 1. The minimum Gasteiger partial charge on any atom is -0.392 e. The molecule has 4 heterocycles. The van der Waals surface area contributed by atoms with E-state index in [-0.39, 0.29) is 17.0 Å². The van der Waals surface area contributed by atoms with Gasteiger partial charge in [0, 0.05) is 13.1 Å². The topological polar surface area (TPSA) is 82.3 Å². The number of aromatic amines is 1. The molecule has 7 nitrogen and oxygen atoms in total. The third-order valence-electron chi connectivity index (χ3n) is 4.70. The summed E-state index contributed by atoms with van der Waals surface area (Å²) in [4.78, 5) is 6.32. The summed E-state index contributed by atoms with van der Waals surface area (Å²) in [7, 11) is 0. The van der Waals surface area contributed by atoms with Gasteiger partial charge in [0.15, 0.2) is 0 Å². The molecule has 2 aromatic heterocycles. The molecule has 26 heavy (non-hydrogen) atoms. The van der Waals surface area contributed by atoms with Crippen LogP contribution >= 0.6 is 0 Å². The molecule has 0 spiro atoms. The van der Waals surface area contributed by atoms with E-state index in [9.17, 15) is 13.9 Å². The van der Waals surface area contributed by atoms with Gasteiger partial charge in [-0.2, -0.15) is 10.2 Å². The monoisotopic (exact) mass is 356 g/mol. The zero-order valence-corrected chi connectivity index (χ0v) is 13.6. The van der Waals surface area contributed by atoms with E-state index >= 15 is 0 Å². The second-order valence-corrected chi connectivity index (χ2v) is 6.27. The maximum atomic E-state index is 14.7. The highest BCUT2D eigenvalue weighted by molar-refractivity contribution is 6.14. The number of halogens is 2. The molecule has 0 saturated heterocycles. The largest absolute Gasteiger partial charge is 0.392 e. The number of aliphatic imine (C=N–C) groups is 1. The van der Waals surface area contributed by atoms with E-state index in [2.05, 4.69) is 20.3 Å². The van der Waals surface area contributed by atoms with Crippen molar-refractivity contribution in [1.29, 1.82) is 0 Å². The molecule has 9 heteroatoms. The number of aliphatic hydroxyl groups is 1. The minimum absolute atomic E-state index is 0.173. The Balaban J connectivity index is 1.79. The van der Waals surface area contributed by atoms with Gasteiger partial charge in [-0.3, -0.25) is 5.10 Å². The van der Waals surface area contributed by atoms with Gasteiger partial charge < -0.3 is 10.0 Å². The first kappa shape index (κ1) is 15.2. The summed E-state index contributed by atoms with van der Waals surface area (Å²) >= 11 is 0. The van der Waals surface area contributed by atoms with Gasteiger partial charge in [-0.1, -0.05) is 0 Å². The molecule has 5 rings (SSSR count). The standard InChI is InChI=1S/C17H14F2N6O/c18-11-4-9(8-26)5-12(19)14(11)16-22-13-7-20-23-15(13)10-6-21-25-3-1-2-24(16)17(10)25/h4-7,26H,1-3,8H2,(H,20,23). The summed E-state index contributed by atoms with van der Waals surface area (Å²) < 4.78 is 31.3. The molecule has 0 fully saturated rings. The molecule has 0 aliphatic carbocycles. The predicted molar refractivity (Wildman–Crippen MR) is 90.2 cm³/mol. The van der Waals surface area contributed by atoms with Gasteiger partial charge in [-0.15, -0.1) is 0 Å². The Morgan fingerprint density at radius 2 is 1.96 bits per heavy atom. The number of anilines is 1. The molecule has 2 aliphatic rings. The molecule has 2 aliphatic heterocycles. The lowest BCUT2D eigenvalue weighted by Crippen LogP contribution is -2.39. The number of H-pyrrole nitrogens is 1. The van der Waals surface area contributed by atoms with E-state index in [1.54, 1.807) is 11.1 Å². The van der Waals surface area contributed by atoms with Crippen LogP contribution in [0.1, 0.15) is 17.5 Å². The third kappa shape index (κ3) is 2.03. The van der Waals surface area contributed by atoms with Crippen LogP contribution in [-0.2, 0) is 13.2 Å². The smallest absolute Gasteiger partial charge is 0.148 e. The van der Waals surface area contributed by atoms with Crippen LogP contribution in [0.5, 0.6) is 0 Å². The zero-order valence-electron chi connectivity index (χ0n) is 13.6. The molecule has 0 amide bonds. The molecule has 132 valence electrons. The van der Waals surface area contributed by atoms with Gasteiger partial charge in [0.25, 0.3) is 0 Å². The third-order valence-corrected chi connectivity index (χ3v) is 4.70. The fourth-order valence-electron chi connectivity index (χ4n) is 3.55. The lowest BCUT2D eigenvalue weighted by Gasteiger charge is -2.30. The number of nitrogens with one attached hydrogen (secondary N) is 1. The Kier molecular flexibility index (Phi) is 3.20. The molecule has 0 radical (unpaired) electrons. The number of nitrogens with zero attached hydrogens (tertiary/aromatic N) is 5. The SMILES string of the molecule is OCc1cc(F)c(C2=Nc3cn[nH]c3-c3cnn4c3N2CCC4)c(F)c1. The second-order valence-electron chi connectivity index (χ2n) is 6.27. The Hall–Kier alpha value is -3.07. The Morgan fingerprint density at radius 1 is 1.15 bits per heavy atom. The quantitative estimate of drug-likeness (QED) is 0.738. The van der Waals surface area contributed by atoms with Gasteiger partial charge in [-0.05, 0) is 24.1 Å². The van der Waals surface area contributed by atoms with Gasteiger partial charge in [-0.25, -0.2) is 18.5 Å². The van der Waals surface area contributed by atoms with Crippen LogP contribution in [0, 0.1) is 11.6 Å². The minimum atomic E-state index is -0.766. The molecule has 3 aromatic rings. The highest BCUT2D eigenvalue weighted by Crippen LogP contribution is 2.41. The lowest BCUT2D eigenvalue weighted by atomic mass is 10.1. The lowest BCUT2D eigenvalue weighted by molar-refractivity contribution is 0.280. The first-order valence-electron chi connectivity index (χ1n) is 8.22. The molecule has 0 unspecified atom stereocenters. The van der Waals surface area contributed by atoms with Crippen LogP contribution in [0.25, 0.3) is 11.3 Å². The van der Waals surface area contributed by atoms with E-state index < -0.39 is 18.2 Å². The van der Waals surface area contributed by atoms with E-state index in [1.807, 2.05) is 4.68 Å². The predicted octanol–water partition coefficient (Wildman–Crippen LogP) is 2.35. The van der Waals surface area contributed by atoms with Crippen molar-refractivity contribution in [3.8, 4) is 11.3 Å². The Bertz CT molecular complexity index is 1030. The molecule has 2 N–H and O–H groups in total. The van der Waals surface area contributed by atoms with Crippen molar-refractivity contribution in [1.82, 2.24) is 20.0 Å². The normalized spacial score (nSPS) is 15.3. The van der Waals surface area contributed by atoms with Gasteiger partial charge in [0.05, 0.1) is 35.8 Å². The van der Waals surface area contributed by atoms with Crippen LogP contribution < -0.4 is 4.90 Å². The first-order valence-corrected chi connectivity index (χ1v) is 8.22. The molecule has 1 aromatic carbocycles. The van der Waals surface area contributed by atoms with Crippen LogP contribution in [0.4, 0.5) is 20.3 Å². The first-order chi connectivity index (χ1) is 12.7. The van der Waals surface area contributed by atoms with Crippen LogP contribution in [-0.4, -0.2) is 37.5 Å². The van der Waals surface area contributed by atoms with E-state index in [1.165, 1.54) is 6.20 Å². The van der Waals surface area contributed by atoms with Crippen molar-refractivity contribution in [2.24, 2.45) is 4.99 Å². The van der Waals surface area contributed by atoms with Crippen molar-refractivity contribution in [2.75, 3.05) is 11.4 Å². The molecule has 0 atom stereocenters. The molecular formula is C17H14F2N6O. The number of fused-ring (bicyclic) bond motifs is 2. The molecule has 0 saturated carbocycles. The van der Waals surface area contributed by atoms with Crippen molar-refractivity contribution in [2.45, 2.75) is 19.6 Å². The van der Waals surface area contributed by atoms with E-state index in [4.69, 9.17) is 0 Å². The van der Waals surface area contributed by atoms with Crippen LogP contribution in [0.3, 0.4) is 0 Å². The highest BCUT2D eigenvalue weighted by atomic mass is 19.1. The number of hydrogen-bond acceptors (Lipinski definition) is 5. The maximum Gasteiger partial charge on any atom is 0.148 e. The Labute approximate surface area is 146 Å². The summed E-state index contributed by atoms with van der Waals surface area (Å²) in [5, 5.41) is 20.5. The second kappa shape index (κ2) is 5.46. The fraction of sp³-hybridized carbons (Fsp3) is 0.235.